The molecule has 1 aliphatic heterocycles. The number of aromatic nitrogens is 3. The van der Waals surface area contributed by atoms with Crippen LogP contribution in [0, 0.1) is 0 Å². The van der Waals surface area contributed by atoms with Crippen LogP contribution in [0.5, 0.6) is 11.5 Å². The maximum Gasteiger partial charge on any atom is 0.183 e. The van der Waals surface area contributed by atoms with Gasteiger partial charge < -0.3 is 9.47 Å². The number of hydrogen-bond acceptors (Lipinski definition) is 5. The minimum Gasteiger partial charge on any atom is -0.493 e. The van der Waals surface area contributed by atoms with Crippen LogP contribution in [0.4, 0.5) is 0 Å². The number of para-hydroxylation sites is 1. The van der Waals surface area contributed by atoms with Gasteiger partial charge in [0.05, 0.1) is 32.0 Å². The predicted molar refractivity (Wildman–Crippen MR) is 96.0 cm³/mol. The second-order valence-corrected chi connectivity index (χ2v) is 6.32. The summed E-state index contributed by atoms with van der Waals surface area (Å²) in [6.45, 7) is 2.71. The molecule has 25 heavy (non-hydrogen) atoms. The molecule has 0 radical (unpaired) electrons. The molecule has 0 saturated carbocycles. The summed E-state index contributed by atoms with van der Waals surface area (Å²) in [6.07, 6.45) is 4.80. The first kappa shape index (κ1) is 15.9. The molecule has 6 nitrogen and oxygen atoms in total. The average molecular weight is 338 g/mol. The molecule has 3 heterocycles. The number of fused-ring (bicyclic) bond motifs is 1. The van der Waals surface area contributed by atoms with E-state index in [2.05, 4.69) is 43.9 Å². The highest BCUT2D eigenvalue weighted by atomic mass is 16.5. The Kier molecular flexibility index (Phi) is 4.28. The van der Waals surface area contributed by atoms with Crippen molar-refractivity contribution in [1.29, 1.82) is 0 Å². The fraction of sp³-hybridized carbons (Fsp3) is 0.368. The SMILES string of the molecule is COc1ccnc(CN2CC[C@H](n3ncc4ccccc43)C2)c1OC. The third-order valence-electron chi connectivity index (χ3n) is 4.84. The summed E-state index contributed by atoms with van der Waals surface area (Å²) in [4.78, 5) is 6.88. The van der Waals surface area contributed by atoms with Crippen LogP contribution in [0.1, 0.15) is 18.2 Å². The van der Waals surface area contributed by atoms with Crippen LogP contribution in [0.15, 0.2) is 42.7 Å². The lowest BCUT2D eigenvalue weighted by Crippen LogP contribution is -2.22. The molecule has 0 spiro atoms. The molecular formula is C19H22N4O2. The van der Waals surface area contributed by atoms with E-state index in [1.54, 1.807) is 20.4 Å². The van der Waals surface area contributed by atoms with Crippen LogP contribution in [0.2, 0.25) is 0 Å². The number of hydrogen-bond donors (Lipinski definition) is 0. The molecular weight excluding hydrogens is 316 g/mol. The molecule has 1 fully saturated rings. The van der Waals surface area contributed by atoms with E-state index >= 15 is 0 Å². The van der Waals surface area contributed by atoms with Gasteiger partial charge in [0, 0.05) is 37.3 Å². The first-order valence-electron chi connectivity index (χ1n) is 8.50. The molecule has 0 aliphatic carbocycles. The van der Waals surface area contributed by atoms with Crippen LogP contribution in [-0.4, -0.2) is 47.0 Å². The average Bonchev–Trinajstić information content (AvgIpc) is 3.28. The standard InChI is InChI=1S/C19H22N4O2/c1-24-18-7-9-20-16(19(18)25-2)13-22-10-8-15(12-22)23-17-6-4-3-5-14(17)11-21-23/h3-7,9,11,15H,8,10,12-13H2,1-2H3/t15-/m0/s1. The highest BCUT2D eigenvalue weighted by molar-refractivity contribution is 5.78. The van der Waals surface area contributed by atoms with Crippen molar-refractivity contribution >= 4 is 10.9 Å². The normalized spacial score (nSPS) is 17.9. The zero-order chi connectivity index (χ0) is 17.2. The molecule has 0 bridgehead atoms. The third kappa shape index (κ3) is 2.93. The van der Waals surface area contributed by atoms with Crippen LogP contribution < -0.4 is 9.47 Å². The first-order valence-corrected chi connectivity index (χ1v) is 8.50. The lowest BCUT2D eigenvalue weighted by Gasteiger charge is -2.18. The monoisotopic (exact) mass is 338 g/mol. The molecule has 0 amide bonds. The molecule has 1 aromatic carbocycles. The van der Waals surface area contributed by atoms with Gasteiger partial charge in [-0.3, -0.25) is 14.6 Å². The largest absolute Gasteiger partial charge is 0.493 e. The summed E-state index contributed by atoms with van der Waals surface area (Å²) in [5.41, 5.74) is 2.11. The second kappa shape index (κ2) is 6.72. The lowest BCUT2D eigenvalue weighted by atomic mass is 10.2. The Morgan fingerprint density at radius 1 is 1.16 bits per heavy atom. The summed E-state index contributed by atoms with van der Waals surface area (Å²) in [5, 5.41) is 5.80. The Hall–Kier alpha value is -2.60. The van der Waals surface area contributed by atoms with E-state index in [0.717, 1.165) is 43.2 Å². The molecule has 1 saturated heterocycles. The first-order chi connectivity index (χ1) is 12.3. The van der Waals surface area contributed by atoms with Gasteiger partial charge in [0.25, 0.3) is 0 Å². The van der Waals surface area contributed by atoms with Crippen molar-refractivity contribution in [3.8, 4) is 11.5 Å². The van der Waals surface area contributed by atoms with Gasteiger partial charge in [-0.15, -0.1) is 0 Å². The van der Waals surface area contributed by atoms with Gasteiger partial charge in [0.15, 0.2) is 11.5 Å². The minimum atomic E-state index is 0.386. The molecule has 6 heteroatoms. The zero-order valence-corrected chi connectivity index (χ0v) is 14.6. The molecule has 4 rings (SSSR count). The van der Waals surface area contributed by atoms with Crippen LogP contribution >= 0.6 is 0 Å². The van der Waals surface area contributed by atoms with Crippen LogP contribution in [0.3, 0.4) is 0 Å². The summed E-state index contributed by atoms with van der Waals surface area (Å²) >= 11 is 0. The van der Waals surface area contributed by atoms with Gasteiger partial charge in [0.2, 0.25) is 0 Å². The van der Waals surface area contributed by atoms with E-state index in [4.69, 9.17) is 9.47 Å². The number of nitrogens with zero attached hydrogens (tertiary/aromatic N) is 4. The Balaban J connectivity index is 1.52. The molecule has 1 atom stereocenters. The Morgan fingerprint density at radius 3 is 2.88 bits per heavy atom. The van der Waals surface area contributed by atoms with Crippen molar-refractivity contribution in [2.45, 2.75) is 19.0 Å². The number of ether oxygens (including phenoxy) is 2. The van der Waals surface area contributed by atoms with E-state index in [-0.39, 0.29) is 0 Å². The van der Waals surface area contributed by atoms with Crippen molar-refractivity contribution in [1.82, 2.24) is 19.7 Å². The highest BCUT2D eigenvalue weighted by Crippen LogP contribution is 2.32. The van der Waals surface area contributed by atoms with Crippen molar-refractivity contribution in [3.05, 3.63) is 48.4 Å². The van der Waals surface area contributed by atoms with E-state index in [1.165, 1.54) is 10.9 Å². The minimum absolute atomic E-state index is 0.386. The number of rotatable bonds is 5. The summed E-state index contributed by atoms with van der Waals surface area (Å²) in [6, 6.07) is 10.6. The number of pyridine rings is 1. The van der Waals surface area contributed by atoms with Crippen molar-refractivity contribution in [2.75, 3.05) is 27.3 Å². The van der Waals surface area contributed by atoms with E-state index < -0.39 is 0 Å². The van der Waals surface area contributed by atoms with Gasteiger partial charge in [-0.25, -0.2) is 0 Å². The molecule has 2 aromatic heterocycles. The van der Waals surface area contributed by atoms with E-state index in [0.29, 0.717) is 6.04 Å². The van der Waals surface area contributed by atoms with Crippen molar-refractivity contribution in [2.24, 2.45) is 0 Å². The van der Waals surface area contributed by atoms with Gasteiger partial charge in [0.1, 0.15) is 5.69 Å². The third-order valence-corrected chi connectivity index (χ3v) is 4.84. The smallest absolute Gasteiger partial charge is 0.183 e. The second-order valence-electron chi connectivity index (χ2n) is 6.32. The molecule has 0 N–H and O–H groups in total. The van der Waals surface area contributed by atoms with Gasteiger partial charge in [-0.2, -0.15) is 5.10 Å². The fourth-order valence-electron chi connectivity index (χ4n) is 3.61. The van der Waals surface area contributed by atoms with Crippen LogP contribution in [-0.2, 0) is 6.54 Å². The molecule has 3 aromatic rings. The van der Waals surface area contributed by atoms with Crippen molar-refractivity contribution < 1.29 is 9.47 Å². The van der Waals surface area contributed by atoms with E-state index in [9.17, 15) is 0 Å². The Morgan fingerprint density at radius 2 is 2.04 bits per heavy atom. The zero-order valence-electron chi connectivity index (χ0n) is 14.6. The summed E-state index contributed by atoms with van der Waals surface area (Å²) in [5.74, 6) is 1.44. The molecule has 1 aliphatic rings. The quantitative estimate of drug-likeness (QED) is 0.716. The maximum atomic E-state index is 5.50. The highest BCUT2D eigenvalue weighted by Gasteiger charge is 2.27. The van der Waals surface area contributed by atoms with Gasteiger partial charge in [-0.1, -0.05) is 18.2 Å². The Bertz CT molecular complexity index is 877. The Labute approximate surface area is 147 Å². The fourth-order valence-corrected chi connectivity index (χ4v) is 3.61. The summed E-state index contributed by atoms with van der Waals surface area (Å²) in [7, 11) is 3.31. The predicted octanol–water partition coefficient (Wildman–Crippen LogP) is 2.90. The maximum absolute atomic E-state index is 5.50. The summed E-state index contributed by atoms with van der Waals surface area (Å²) < 4.78 is 13.0. The molecule has 0 unspecified atom stereocenters. The number of methoxy groups -OCH3 is 2. The molecule has 130 valence electrons. The van der Waals surface area contributed by atoms with Gasteiger partial charge >= 0.3 is 0 Å². The van der Waals surface area contributed by atoms with E-state index in [1.807, 2.05) is 12.3 Å². The van der Waals surface area contributed by atoms with Crippen LogP contribution in [0.25, 0.3) is 10.9 Å². The van der Waals surface area contributed by atoms with Gasteiger partial charge in [-0.05, 0) is 12.5 Å². The number of likely N-dealkylation sites (tertiary alicyclic amines) is 1. The van der Waals surface area contributed by atoms with Crippen molar-refractivity contribution in [3.63, 3.8) is 0 Å². The topological polar surface area (TPSA) is 52.4 Å². The number of benzene rings is 1. The lowest BCUT2D eigenvalue weighted by molar-refractivity contribution is 0.295.